The van der Waals surface area contributed by atoms with E-state index >= 15 is 0 Å². The second-order valence-electron chi connectivity index (χ2n) is 6.73. The third-order valence-electron chi connectivity index (χ3n) is 4.64. The number of thiophene rings is 1. The Kier molecular flexibility index (Phi) is 5.52. The van der Waals surface area contributed by atoms with Gasteiger partial charge >= 0.3 is 0 Å². The van der Waals surface area contributed by atoms with E-state index in [1.54, 1.807) is 72.7 Å². The van der Waals surface area contributed by atoms with Gasteiger partial charge in [-0.3, -0.25) is 14.5 Å². The molecule has 0 fully saturated rings. The lowest BCUT2D eigenvalue weighted by atomic mass is 10.1. The first-order valence-electron chi connectivity index (χ1n) is 9.19. The summed E-state index contributed by atoms with van der Waals surface area (Å²) in [5, 5.41) is 2.40. The fourth-order valence-electron chi connectivity index (χ4n) is 3.18. The van der Waals surface area contributed by atoms with Gasteiger partial charge in [-0.1, -0.05) is 30.3 Å². The summed E-state index contributed by atoms with van der Waals surface area (Å²) in [5.74, 6) is -0.109. The Balaban J connectivity index is 1.63. The molecule has 30 heavy (non-hydrogen) atoms. The number of pyridine rings is 1. The van der Waals surface area contributed by atoms with E-state index in [0.717, 1.165) is 0 Å². The number of fused-ring (bicyclic) bond motifs is 1. The molecule has 0 bridgehead atoms. The number of hydrogen-bond donors (Lipinski definition) is 1. The number of benzene rings is 2. The molecule has 1 amide bonds. The van der Waals surface area contributed by atoms with Crippen LogP contribution in [0, 0.1) is 0 Å². The van der Waals surface area contributed by atoms with Crippen molar-refractivity contribution in [3.8, 4) is 0 Å². The van der Waals surface area contributed by atoms with Gasteiger partial charge in [-0.25, -0.2) is 8.42 Å². The van der Waals surface area contributed by atoms with Crippen LogP contribution >= 0.6 is 11.3 Å². The second kappa shape index (κ2) is 8.25. The van der Waals surface area contributed by atoms with Gasteiger partial charge in [-0.2, -0.15) is 0 Å². The first-order valence-corrected chi connectivity index (χ1v) is 11.6. The van der Waals surface area contributed by atoms with Crippen molar-refractivity contribution in [3.05, 3.63) is 88.7 Å². The number of nitrogens with one attached hydrogen (secondary N) is 1. The maximum atomic E-state index is 13.2. The van der Waals surface area contributed by atoms with E-state index in [1.807, 2.05) is 17.5 Å². The summed E-state index contributed by atoms with van der Waals surface area (Å²) >= 11 is 1.37. The van der Waals surface area contributed by atoms with Crippen LogP contribution < -0.4 is 4.72 Å². The molecular formula is C22H19N3O3S2. The van der Waals surface area contributed by atoms with Crippen LogP contribution in [0.2, 0.25) is 0 Å². The van der Waals surface area contributed by atoms with E-state index in [0.29, 0.717) is 27.0 Å². The average Bonchev–Trinajstić information content (AvgIpc) is 3.29. The predicted molar refractivity (Wildman–Crippen MR) is 119 cm³/mol. The smallest absolute Gasteiger partial charge is 0.263 e. The van der Waals surface area contributed by atoms with Crippen molar-refractivity contribution in [2.45, 2.75) is 11.4 Å². The first kappa shape index (κ1) is 20.1. The lowest BCUT2D eigenvalue weighted by molar-refractivity contribution is 0.0790. The van der Waals surface area contributed by atoms with Gasteiger partial charge in [0, 0.05) is 25.2 Å². The minimum absolute atomic E-state index is 0.109. The quantitative estimate of drug-likeness (QED) is 0.486. The van der Waals surface area contributed by atoms with E-state index in [1.165, 1.54) is 11.3 Å². The molecule has 6 nitrogen and oxygen atoms in total. The summed E-state index contributed by atoms with van der Waals surface area (Å²) < 4.78 is 29.0. The van der Waals surface area contributed by atoms with Crippen molar-refractivity contribution in [2.24, 2.45) is 0 Å². The minimum Gasteiger partial charge on any atom is -0.337 e. The molecule has 0 unspecified atom stereocenters. The summed E-state index contributed by atoms with van der Waals surface area (Å²) in [4.78, 5) is 19.2. The number of para-hydroxylation sites is 1. The van der Waals surface area contributed by atoms with E-state index in [4.69, 9.17) is 0 Å². The van der Waals surface area contributed by atoms with Gasteiger partial charge in [-0.05, 0) is 47.3 Å². The largest absolute Gasteiger partial charge is 0.337 e. The number of hydrogen-bond acceptors (Lipinski definition) is 5. The number of aromatic nitrogens is 1. The molecule has 2 aromatic heterocycles. The van der Waals surface area contributed by atoms with Crippen molar-refractivity contribution < 1.29 is 13.2 Å². The molecule has 0 aliphatic rings. The Bertz CT molecular complexity index is 1300. The van der Waals surface area contributed by atoms with Crippen LogP contribution in [-0.2, 0) is 16.6 Å². The standard InChI is InChI=1S/C22H19N3O3S2/c1-25(22(26)20-11-6-14-29-20)15-16-7-2-3-9-18(16)24-30(27,28)21-12-4-10-19-17(21)8-5-13-23-19/h2-14,24H,15H2,1H3. The van der Waals surface area contributed by atoms with E-state index < -0.39 is 10.0 Å². The summed E-state index contributed by atoms with van der Waals surface area (Å²) in [6, 6.07) is 19.1. The van der Waals surface area contributed by atoms with E-state index in [9.17, 15) is 13.2 Å². The van der Waals surface area contributed by atoms with Gasteiger partial charge in [0.25, 0.3) is 15.9 Å². The van der Waals surface area contributed by atoms with Crippen molar-refractivity contribution in [3.63, 3.8) is 0 Å². The Morgan fingerprint density at radius 2 is 1.87 bits per heavy atom. The Hall–Kier alpha value is -3.23. The molecule has 4 rings (SSSR count). The molecule has 0 aliphatic heterocycles. The molecule has 1 N–H and O–H groups in total. The summed E-state index contributed by atoms with van der Waals surface area (Å²) in [5.41, 5.74) is 1.74. The molecule has 0 saturated heterocycles. The van der Waals surface area contributed by atoms with Crippen LogP contribution in [0.25, 0.3) is 10.9 Å². The molecule has 0 atom stereocenters. The molecule has 8 heteroatoms. The van der Waals surface area contributed by atoms with Gasteiger partial charge in [0.2, 0.25) is 0 Å². The SMILES string of the molecule is CN(Cc1ccccc1NS(=O)(=O)c1cccc2ncccc12)C(=O)c1cccs1. The highest BCUT2D eigenvalue weighted by molar-refractivity contribution is 7.93. The zero-order valence-electron chi connectivity index (χ0n) is 16.1. The summed E-state index contributed by atoms with van der Waals surface area (Å²) in [6.45, 7) is 0.270. The molecule has 2 aromatic carbocycles. The van der Waals surface area contributed by atoms with Gasteiger partial charge in [0.1, 0.15) is 0 Å². The minimum atomic E-state index is -3.85. The molecule has 0 aliphatic carbocycles. The van der Waals surface area contributed by atoms with Crippen molar-refractivity contribution in [2.75, 3.05) is 11.8 Å². The fourth-order valence-corrected chi connectivity index (χ4v) is 5.22. The zero-order valence-corrected chi connectivity index (χ0v) is 17.8. The van der Waals surface area contributed by atoms with Crippen LogP contribution in [0.15, 0.2) is 83.2 Å². The highest BCUT2D eigenvalue weighted by Crippen LogP contribution is 2.26. The molecule has 4 aromatic rings. The highest BCUT2D eigenvalue weighted by atomic mass is 32.2. The Morgan fingerprint density at radius 1 is 1.03 bits per heavy atom. The van der Waals surface area contributed by atoms with Crippen LogP contribution in [0.5, 0.6) is 0 Å². The van der Waals surface area contributed by atoms with E-state index in [2.05, 4.69) is 9.71 Å². The predicted octanol–water partition coefficient (Wildman–Crippen LogP) is 4.37. The summed E-state index contributed by atoms with van der Waals surface area (Å²) in [6.07, 6.45) is 1.63. The van der Waals surface area contributed by atoms with E-state index in [-0.39, 0.29) is 17.3 Å². The molecule has 2 heterocycles. The number of rotatable bonds is 6. The highest BCUT2D eigenvalue weighted by Gasteiger charge is 2.20. The number of sulfonamides is 1. The van der Waals surface area contributed by atoms with Gasteiger partial charge in [0.05, 0.1) is 21.0 Å². The third kappa shape index (κ3) is 4.05. The van der Waals surface area contributed by atoms with Crippen LogP contribution in [0.1, 0.15) is 15.2 Å². The number of amides is 1. The topological polar surface area (TPSA) is 79.4 Å². The monoisotopic (exact) mass is 437 g/mol. The van der Waals surface area contributed by atoms with Crippen molar-refractivity contribution >= 4 is 43.9 Å². The zero-order chi connectivity index (χ0) is 21.1. The van der Waals surface area contributed by atoms with Crippen molar-refractivity contribution in [1.29, 1.82) is 0 Å². The van der Waals surface area contributed by atoms with Crippen LogP contribution in [0.3, 0.4) is 0 Å². The van der Waals surface area contributed by atoms with Gasteiger partial charge in [0.15, 0.2) is 0 Å². The average molecular weight is 438 g/mol. The first-order chi connectivity index (χ1) is 14.5. The maximum absolute atomic E-state index is 13.2. The van der Waals surface area contributed by atoms with Gasteiger partial charge in [-0.15, -0.1) is 11.3 Å². The lowest BCUT2D eigenvalue weighted by Gasteiger charge is -2.19. The number of carbonyl (C=O) groups excluding carboxylic acids is 1. The molecule has 0 spiro atoms. The number of nitrogens with zero attached hydrogens (tertiary/aromatic N) is 2. The number of carbonyl (C=O) groups is 1. The van der Waals surface area contributed by atoms with Crippen LogP contribution in [0.4, 0.5) is 5.69 Å². The Morgan fingerprint density at radius 3 is 2.67 bits per heavy atom. The lowest BCUT2D eigenvalue weighted by Crippen LogP contribution is -2.26. The maximum Gasteiger partial charge on any atom is 0.263 e. The molecule has 0 radical (unpaired) electrons. The molecule has 0 saturated carbocycles. The number of anilines is 1. The van der Waals surface area contributed by atoms with Gasteiger partial charge < -0.3 is 4.90 Å². The second-order valence-corrected chi connectivity index (χ2v) is 9.33. The van der Waals surface area contributed by atoms with Crippen molar-refractivity contribution in [1.82, 2.24) is 9.88 Å². The third-order valence-corrected chi connectivity index (χ3v) is 6.92. The normalized spacial score (nSPS) is 11.4. The summed E-state index contributed by atoms with van der Waals surface area (Å²) in [7, 11) is -2.15. The molecular weight excluding hydrogens is 418 g/mol. The Labute approximate surface area is 178 Å². The fraction of sp³-hybridized carbons (Fsp3) is 0.0909. The molecule has 152 valence electrons. The van der Waals surface area contributed by atoms with Crippen LogP contribution in [-0.4, -0.2) is 31.3 Å².